The van der Waals surface area contributed by atoms with Crippen molar-refractivity contribution in [1.82, 2.24) is 9.80 Å². The van der Waals surface area contributed by atoms with Crippen LogP contribution in [0.3, 0.4) is 0 Å². The fourth-order valence-corrected chi connectivity index (χ4v) is 2.00. The van der Waals surface area contributed by atoms with E-state index in [0.29, 0.717) is 18.8 Å². The fraction of sp³-hybridized carbons (Fsp3) is 0.385. The normalized spacial score (nSPS) is 15.6. The Morgan fingerprint density at radius 1 is 1.14 bits per heavy atom. The molecule has 0 radical (unpaired) electrons. The molecular formula is C13H16N4O4. The lowest BCUT2D eigenvalue weighted by molar-refractivity contribution is -0.384. The third-order valence-electron chi connectivity index (χ3n) is 3.32. The van der Waals surface area contributed by atoms with Crippen LogP contribution in [0.1, 0.15) is 0 Å². The number of carbonyl (C=O) groups excluding carboxylic acids is 2. The van der Waals surface area contributed by atoms with Gasteiger partial charge >= 0.3 is 11.8 Å². The molecule has 1 aliphatic heterocycles. The average Bonchev–Trinajstić information content (AvgIpc) is 2.47. The molecular weight excluding hydrogens is 276 g/mol. The molecule has 0 aromatic heterocycles. The number of benzene rings is 1. The number of carbonyl (C=O) groups is 2. The molecule has 21 heavy (non-hydrogen) atoms. The summed E-state index contributed by atoms with van der Waals surface area (Å²) < 4.78 is 0. The minimum absolute atomic E-state index is 0.0709. The van der Waals surface area contributed by atoms with Gasteiger partial charge in [-0.3, -0.25) is 19.7 Å². The minimum Gasteiger partial charge on any atom is -0.332 e. The summed E-state index contributed by atoms with van der Waals surface area (Å²) in [6.07, 6.45) is 0. The number of non-ortho nitro benzene ring substituents is 1. The van der Waals surface area contributed by atoms with Gasteiger partial charge in [0.25, 0.3) is 5.69 Å². The minimum atomic E-state index is -0.728. The second-order valence-corrected chi connectivity index (χ2v) is 4.85. The summed E-state index contributed by atoms with van der Waals surface area (Å²) in [6.45, 7) is 2.50. The maximum atomic E-state index is 12.0. The number of anilines is 1. The quantitative estimate of drug-likeness (QED) is 0.481. The van der Waals surface area contributed by atoms with Gasteiger partial charge in [-0.25, -0.2) is 0 Å². The third-order valence-corrected chi connectivity index (χ3v) is 3.32. The van der Waals surface area contributed by atoms with Crippen LogP contribution in [0.25, 0.3) is 0 Å². The van der Waals surface area contributed by atoms with E-state index in [4.69, 9.17) is 0 Å². The summed E-state index contributed by atoms with van der Waals surface area (Å²) in [6, 6.07) is 5.34. The summed E-state index contributed by atoms with van der Waals surface area (Å²) in [5, 5.41) is 13.0. The predicted octanol–water partition coefficient (Wildman–Crippen LogP) is 0.307. The number of likely N-dealkylation sites (N-methyl/N-ethyl adjacent to an activating group) is 1. The zero-order valence-electron chi connectivity index (χ0n) is 11.6. The number of piperazine rings is 1. The Labute approximate surface area is 121 Å². The van der Waals surface area contributed by atoms with Crippen molar-refractivity contribution < 1.29 is 14.5 Å². The Morgan fingerprint density at radius 2 is 1.71 bits per heavy atom. The molecule has 8 heteroatoms. The lowest BCUT2D eigenvalue weighted by Crippen LogP contribution is -2.50. The van der Waals surface area contributed by atoms with Crippen molar-refractivity contribution in [2.24, 2.45) is 0 Å². The number of amides is 2. The largest absolute Gasteiger partial charge is 0.332 e. The molecule has 112 valence electrons. The van der Waals surface area contributed by atoms with Crippen molar-refractivity contribution >= 4 is 23.2 Å². The van der Waals surface area contributed by atoms with Gasteiger partial charge in [0.1, 0.15) is 0 Å². The molecule has 0 aliphatic carbocycles. The lowest BCUT2D eigenvalue weighted by atomic mass is 10.2. The zero-order chi connectivity index (χ0) is 15.4. The van der Waals surface area contributed by atoms with Gasteiger partial charge in [0, 0.05) is 44.0 Å². The van der Waals surface area contributed by atoms with Gasteiger partial charge in [0.2, 0.25) is 0 Å². The van der Waals surface area contributed by atoms with Gasteiger partial charge in [0.05, 0.1) is 4.92 Å². The van der Waals surface area contributed by atoms with Crippen molar-refractivity contribution in [3.63, 3.8) is 0 Å². The Morgan fingerprint density at radius 3 is 2.24 bits per heavy atom. The van der Waals surface area contributed by atoms with E-state index in [1.807, 2.05) is 7.05 Å². The molecule has 0 saturated carbocycles. The average molecular weight is 292 g/mol. The van der Waals surface area contributed by atoms with Gasteiger partial charge in [-0.1, -0.05) is 0 Å². The van der Waals surface area contributed by atoms with Crippen molar-refractivity contribution in [2.45, 2.75) is 0 Å². The number of hydrogen-bond acceptors (Lipinski definition) is 5. The van der Waals surface area contributed by atoms with E-state index in [1.165, 1.54) is 29.2 Å². The Hall–Kier alpha value is -2.48. The van der Waals surface area contributed by atoms with Crippen LogP contribution >= 0.6 is 0 Å². The van der Waals surface area contributed by atoms with E-state index in [0.717, 1.165) is 13.1 Å². The second kappa shape index (κ2) is 6.31. The number of nitro groups is 1. The highest BCUT2D eigenvalue weighted by molar-refractivity contribution is 6.39. The molecule has 1 N–H and O–H groups in total. The van der Waals surface area contributed by atoms with Crippen LogP contribution in [-0.4, -0.2) is 59.8 Å². The third kappa shape index (κ3) is 3.76. The topological polar surface area (TPSA) is 95.8 Å². The van der Waals surface area contributed by atoms with Crippen molar-refractivity contribution in [2.75, 3.05) is 38.5 Å². The van der Waals surface area contributed by atoms with Crippen LogP contribution in [0.5, 0.6) is 0 Å². The number of rotatable bonds is 2. The van der Waals surface area contributed by atoms with E-state index in [2.05, 4.69) is 10.2 Å². The highest BCUT2D eigenvalue weighted by Crippen LogP contribution is 2.15. The summed E-state index contributed by atoms with van der Waals surface area (Å²) >= 11 is 0. The van der Waals surface area contributed by atoms with Gasteiger partial charge in [-0.05, 0) is 19.2 Å². The first-order valence-electron chi connectivity index (χ1n) is 6.50. The zero-order valence-corrected chi connectivity index (χ0v) is 11.6. The summed E-state index contributed by atoms with van der Waals surface area (Å²) in [5.41, 5.74) is 0.284. The predicted molar refractivity (Wildman–Crippen MR) is 75.8 cm³/mol. The molecule has 1 heterocycles. The van der Waals surface area contributed by atoms with Gasteiger partial charge in [-0.2, -0.15) is 0 Å². The SMILES string of the molecule is CN1CCN(C(=O)C(=O)Nc2ccc([N+](=O)[O-])cc2)CC1. The molecule has 2 rings (SSSR count). The molecule has 0 bridgehead atoms. The van der Waals surface area contributed by atoms with Crippen molar-refractivity contribution in [3.05, 3.63) is 34.4 Å². The first-order valence-corrected chi connectivity index (χ1v) is 6.50. The fourth-order valence-electron chi connectivity index (χ4n) is 2.00. The second-order valence-electron chi connectivity index (χ2n) is 4.85. The van der Waals surface area contributed by atoms with E-state index in [1.54, 1.807) is 0 Å². The van der Waals surface area contributed by atoms with E-state index < -0.39 is 16.7 Å². The van der Waals surface area contributed by atoms with Crippen LogP contribution in [0, 0.1) is 10.1 Å². The first kappa shape index (κ1) is 14.9. The van der Waals surface area contributed by atoms with Gasteiger partial charge in [-0.15, -0.1) is 0 Å². The highest BCUT2D eigenvalue weighted by Gasteiger charge is 2.24. The van der Waals surface area contributed by atoms with Crippen LogP contribution < -0.4 is 5.32 Å². The number of nitrogens with one attached hydrogen (secondary N) is 1. The van der Waals surface area contributed by atoms with Crippen molar-refractivity contribution in [1.29, 1.82) is 0 Å². The van der Waals surface area contributed by atoms with Gasteiger partial charge < -0.3 is 15.1 Å². The summed E-state index contributed by atoms with van der Waals surface area (Å²) in [4.78, 5) is 37.4. The standard InChI is InChI=1S/C13H16N4O4/c1-15-6-8-16(9-7-15)13(19)12(18)14-10-2-4-11(5-3-10)17(20)21/h2-5H,6-9H2,1H3,(H,14,18). The number of hydrogen-bond donors (Lipinski definition) is 1. The van der Waals surface area contributed by atoms with Crippen LogP contribution in [0.15, 0.2) is 24.3 Å². The maximum absolute atomic E-state index is 12.0. The van der Waals surface area contributed by atoms with Gasteiger partial charge in [0.15, 0.2) is 0 Å². The maximum Gasteiger partial charge on any atom is 0.313 e. The first-order chi connectivity index (χ1) is 9.97. The summed E-state index contributed by atoms with van der Waals surface area (Å²) in [7, 11) is 1.96. The van der Waals surface area contributed by atoms with E-state index in [9.17, 15) is 19.7 Å². The molecule has 1 aromatic rings. The lowest BCUT2D eigenvalue weighted by Gasteiger charge is -2.31. The van der Waals surface area contributed by atoms with E-state index >= 15 is 0 Å². The number of nitro benzene ring substituents is 1. The molecule has 8 nitrogen and oxygen atoms in total. The monoisotopic (exact) mass is 292 g/mol. The van der Waals surface area contributed by atoms with Crippen LogP contribution in [0.2, 0.25) is 0 Å². The molecule has 1 saturated heterocycles. The highest BCUT2D eigenvalue weighted by atomic mass is 16.6. The molecule has 1 aromatic carbocycles. The summed E-state index contributed by atoms with van der Waals surface area (Å²) in [5.74, 6) is -1.31. The molecule has 0 unspecified atom stereocenters. The van der Waals surface area contributed by atoms with Crippen LogP contribution in [-0.2, 0) is 9.59 Å². The Bertz CT molecular complexity index is 550. The Balaban J connectivity index is 1.94. The van der Waals surface area contributed by atoms with Crippen LogP contribution in [0.4, 0.5) is 11.4 Å². The molecule has 1 aliphatic rings. The van der Waals surface area contributed by atoms with Crippen molar-refractivity contribution in [3.8, 4) is 0 Å². The Kier molecular flexibility index (Phi) is 4.49. The molecule has 0 atom stereocenters. The molecule has 0 spiro atoms. The van der Waals surface area contributed by atoms with E-state index in [-0.39, 0.29) is 5.69 Å². The molecule has 2 amide bonds. The number of nitrogens with zero attached hydrogens (tertiary/aromatic N) is 3. The smallest absolute Gasteiger partial charge is 0.313 e. The molecule has 1 fully saturated rings.